The summed E-state index contributed by atoms with van der Waals surface area (Å²) in [5, 5.41) is 3.14. The summed E-state index contributed by atoms with van der Waals surface area (Å²) in [5.41, 5.74) is 4.60. The maximum atomic E-state index is 15.6. The molecule has 2 aromatic carbocycles. The summed E-state index contributed by atoms with van der Waals surface area (Å²) in [4.78, 5) is 32.4. The molecule has 1 saturated heterocycles. The number of hydrogen-bond acceptors (Lipinski definition) is 7. The first kappa shape index (κ1) is 27.0. The first-order valence-electron chi connectivity index (χ1n) is 14.5. The van der Waals surface area contributed by atoms with E-state index in [1.807, 2.05) is 46.8 Å². The highest BCUT2D eigenvalue weighted by Crippen LogP contribution is 2.50. The fourth-order valence-electron chi connectivity index (χ4n) is 6.34. The van der Waals surface area contributed by atoms with Crippen molar-refractivity contribution in [1.82, 2.24) is 29.4 Å². The van der Waals surface area contributed by atoms with Crippen LogP contribution in [0.5, 0.6) is 11.5 Å². The number of nitrogens with zero attached hydrogens (tertiary/aromatic N) is 6. The molecular weight excluding hydrogens is 545 g/mol. The fourth-order valence-corrected chi connectivity index (χ4v) is 6.34. The van der Waals surface area contributed by atoms with Crippen LogP contribution in [0.3, 0.4) is 0 Å². The van der Waals surface area contributed by atoms with E-state index in [2.05, 4.69) is 26.8 Å². The van der Waals surface area contributed by atoms with Gasteiger partial charge in [-0.1, -0.05) is 6.58 Å². The third-order valence-electron chi connectivity index (χ3n) is 8.82. The van der Waals surface area contributed by atoms with Gasteiger partial charge >= 0.3 is 0 Å². The lowest BCUT2D eigenvalue weighted by Crippen LogP contribution is -2.47. The number of benzene rings is 2. The number of halogens is 1. The van der Waals surface area contributed by atoms with E-state index in [4.69, 9.17) is 9.72 Å². The van der Waals surface area contributed by atoms with Crippen LogP contribution in [0.25, 0.3) is 22.1 Å². The fraction of sp³-hybridized carbons (Fsp3) is 0.303. The number of carbonyl (C=O) groups is 1. The lowest BCUT2D eigenvalue weighted by atomic mass is 9.85. The molecule has 7 rings (SSSR count). The second kappa shape index (κ2) is 10.4. The molecule has 218 valence electrons. The Morgan fingerprint density at radius 2 is 2.02 bits per heavy atom. The van der Waals surface area contributed by atoms with Crippen LogP contribution in [-0.2, 0) is 18.3 Å². The molecule has 1 aliphatic carbocycles. The van der Waals surface area contributed by atoms with Crippen molar-refractivity contribution in [2.75, 3.05) is 11.9 Å². The molecule has 3 aromatic heterocycles. The summed E-state index contributed by atoms with van der Waals surface area (Å²) in [6.07, 6.45) is 9.40. The molecule has 1 aliphatic heterocycles. The van der Waals surface area contributed by atoms with E-state index in [0.717, 1.165) is 55.4 Å². The number of carbonyl (C=O) groups excluding carboxylic acids is 1. The van der Waals surface area contributed by atoms with Crippen LogP contribution in [0.2, 0.25) is 0 Å². The van der Waals surface area contributed by atoms with E-state index in [-0.39, 0.29) is 17.1 Å². The van der Waals surface area contributed by atoms with Gasteiger partial charge in [0, 0.05) is 36.5 Å². The van der Waals surface area contributed by atoms with Crippen LogP contribution in [0.4, 0.5) is 15.9 Å². The molecular formula is C33H32FN7O2. The molecule has 9 nitrogen and oxygen atoms in total. The first-order valence-corrected chi connectivity index (χ1v) is 14.5. The topological polar surface area (TPSA) is 98.1 Å². The van der Waals surface area contributed by atoms with E-state index in [1.165, 1.54) is 12.4 Å². The number of hydrogen-bond donors (Lipinski definition) is 1. The number of aromatic nitrogens is 5. The van der Waals surface area contributed by atoms with Gasteiger partial charge in [-0.3, -0.25) is 4.79 Å². The maximum absolute atomic E-state index is 15.6. The highest BCUT2D eigenvalue weighted by atomic mass is 19.1. The highest BCUT2D eigenvalue weighted by Gasteiger charge is 2.52. The molecule has 1 saturated carbocycles. The Kier molecular flexibility index (Phi) is 6.56. The average Bonchev–Trinajstić information content (AvgIpc) is 3.68. The van der Waals surface area contributed by atoms with E-state index >= 15 is 4.39 Å². The summed E-state index contributed by atoms with van der Waals surface area (Å²) >= 11 is 0. The molecule has 0 radical (unpaired) electrons. The minimum Gasteiger partial charge on any atom is -0.457 e. The van der Waals surface area contributed by atoms with Crippen LogP contribution < -0.4 is 10.1 Å². The van der Waals surface area contributed by atoms with Crippen LogP contribution in [0.1, 0.15) is 36.9 Å². The Balaban J connectivity index is 1.10. The van der Waals surface area contributed by atoms with E-state index in [1.54, 1.807) is 25.4 Å². The van der Waals surface area contributed by atoms with Crippen LogP contribution in [-0.4, -0.2) is 47.4 Å². The number of ether oxygens (including phenoxy) is 1. The van der Waals surface area contributed by atoms with Crippen LogP contribution in [0.15, 0.2) is 67.8 Å². The van der Waals surface area contributed by atoms with Crippen molar-refractivity contribution in [3.05, 3.63) is 84.8 Å². The SMILES string of the molecule is C=CC(=O)N1CCC(Cc2ccc3ncnc(Nc4ccc(Oc5ccc6c(c5)ncn6C)c(C)c4F)c3n2)CC12CC2. The van der Waals surface area contributed by atoms with Gasteiger partial charge in [0.15, 0.2) is 11.6 Å². The molecule has 43 heavy (non-hydrogen) atoms. The summed E-state index contributed by atoms with van der Waals surface area (Å²) < 4.78 is 23.6. The summed E-state index contributed by atoms with van der Waals surface area (Å²) in [5.74, 6) is 1.45. The smallest absolute Gasteiger partial charge is 0.246 e. The Labute approximate surface area is 248 Å². The quantitative estimate of drug-likeness (QED) is 0.224. The van der Waals surface area contributed by atoms with Crippen molar-refractivity contribution < 1.29 is 13.9 Å². The summed E-state index contributed by atoms with van der Waals surface area (Å²) in [7, 11) is 1.93. The minimum atomic E-state index is -0.435. The number of fused-ring (bicyclic) bond motifs is 2. The summed E-state index contributed by atoms with van der Waals surface area (Å²) in [6.45, 7) is 6.10. The molecule has 1 unspecified atom stereocenters. The largest absolute Gasteiger partial charge is 0.457 e. The zero-order valence-electron chi connectivity index (χ0n) is 24.2. The number of piperidine rings is 1. The lowest BCUT2D eigenvalue weighted by Gasteiger charge is -2.39. The highest BCUT2D eigenvalue weighted by molar-refractivity contribution is 5.88. The van der Waals surface area contributed by atoms with Crippen molar-refractivity contribution in [3.8, 4) is 11.5 Å². The van der Waals surface area contributed by atoms with Crippen LogP contribution in [0, 0.1) is 18.7 Å². The number of nitrogens with one attached hydrogen (secondary N) is 1. The predicted molar refractivity (Wildman–Crippen MR) is 163 cm³/mol. The zero-order chi connectivity index (χ0) is 29.7. The molecule has 4 heterocycles. The van der Waals surface area contributed by atoms with Gasteiger partial charge in [0.05, 0.1) is 28.6 Å². The number of rotatable bonds is 7. The predicted octanol–water partition coefficient (Wildman–Crippen LogP) is 6.39. The second-order valence-corrected chi connectivity index (χ2v) is 11.7. The van der Waals surface area contributed by atoms with Gasteiger partial charge in [0.25, 0.3) is 0 Å². The van der Waals surface area contributed by atoms with Gasteiger partial charge in [-0.25, -0.2) is 24.3 Å². The molecule has 5 aromatic rings. The van der Waals surface area contributed by atoms with Crippen molar-refractivity contribution >= 4 is 39.5 Å². The lowest BCUT2D eigenvalue weighted by molar-refractivity contribution is -0.131. The van der Waals surface area contributed by atoms with E-state index < -0.39 is 5.82 Å². The van der Waals surface area contributed by atoms with Crippen molar-refractivity contribution in [2.45, 2.75) is 44.6 Å². The molecule has 1 N–H and O–H groups in total. The van der Waals surface area contributed by atoms with Gasteiger partial charge in [0.1, 0.15) is 23.3 Å². The Morgan fingerprint density at radius 1 is 1.16 bits per heavy atom. The number of anilines is 2. The number of amides is 1. The number of likely N-dealkylation sites (tertiary alicyclic amines) is 1. The Hall–Kier alpha value is -4.86. The summed E-state index contributed by atoms with van der Waals surface area (Å²) in [6, 6.07) is 12.9. The number of aryl methyl sites for hydroxylation is 1. The Morgan fingerprint density at radius 3 is 2.84 bits per heavy atom. The van der Waals surface area contributed by atoms with Crippen LogP contribution >= 0.6 is 0 Å². The zero-order valence-corrected chi connectivity index (χ0v) is 24.2. The molecule has 0 bridgehead atoms. The van der Waals surface area contributed by atoms with E-state index in [0.29, 0.717) is 39.8 Å². The van der Waals surface area contributed by atoms with Gasteiger partial charge < -0.3 is 19.5 Å². The minimum absolute atomic E-state index is 0.0166. The molecule has 1 spiro atoms. The van der Waals surface area contributed by atoms with E-state index in [9.17, 15) is 4.79 Å². The monoisotopic (exact) mass is 577 g/mol. The molecule has 2 aliphatic rings. The second-order valence-electron chi connectivity index (χ2n) is 11.7. The average molecular weight is 578 g/mol. The standard InChI is InChI=1S/C33H32FN7O2/c1-4-29(42)41-14-11-21(17-33(41)12-13-33)15-22-5-7-25-31(38-22)32(36-18-35-25)39-24-8-10-28(20(2)30(24)34)43-23-6-9-27-26(16-23)37-19-40(27)3/h4-10,16,18-19,21H,1,11-15,17H2,2-3H3,(H,35,36,39). The molecule has 1 amide bonds. The molecule has 10 heteroatoms. The van der Waals surface area contributed by atoms with Gasteiger partial charge in [-0.2, -0.15) is 0 Å². The first-order chi connectivity index (χ1) is 20.8. The normalized spacial score (nSPS) is 17.4. The number of imidazole rings is 1. The third-order valence-corrected chi connectivity index (χ3v) is 8.82. The van der Waals surface area contributed by atoms with Crippen molar-refractivity contribution in [1.29, 1.82) is 0 Å². The molecule has 1 atom stereocenters. The van der Waals surface area contributed by atoms with Crippen molar-refractivity contribution in [2.24, 2.45) is 13.0 Å². The third kappa shape index (κ3) is 4.96. The van der Waals surface area contributed by atoms with Gasteiger partial charge in [-0.15, -0.1) is 0 Å². The maximum Gasteiger partial charge on any atom is 0.246 e. The van der Waals surface area contributed by atoms with Gasteiger partial charge in [0.2, 0.25) is 5.91 Å². The van der Waals surface area contributed by atoms with Crippen molar-refractivity contribution in [3.63, 3.8) is 0 Å². The van der Waals surface area contributed by atoms with Gasteiger partial charge in [-0.05, 0) is 87.4 Å². The Bertz CT molecular complexity index is 1900. The number of pyridine rings is 1. The molecule has 2 fully saturated rings.